The second kappa shape index (κ2) is 6.02. The van der Waals surface area contributed by atoms with Crippen LogP contribution < -0.4 is 5.32 Å². The Morgan fingerprint density at radius 1 is 1.40 bits per heavy atom. The fourth-order valence-electron chi connectivity index (χ4n) is 1.10. The first kappa shape index (κ1) is 11.5. The number of carbonyl (C=O) groups is 1. The van der Waals surface area contributed by atoms with Gasteiger partial charge in [0.25, 0.3) is 0 Å². The lowest BCUT2D eigenvalue weighted by atomic mass is 10.1. The Labute approximate surface area is 91.0 Å². The Bertz CT molecular complexity index is 330. The molecular formula is C13H17NO. The molecule has 15 heavy (non-hydrogen) atoms. The lowest BCUT2D eigenvalue weighted by Gasteiger charge is -2.06. The number of carbonyl (C=O) groups excluding carboxylic acids is 1. The maximum atomic E-state index is 11.6. The van der Waals surface area contributed by atoms with Gasteiger partial charge in [0.15, 0.2) is 5.78 Å². The molecule has 1 rings (SSSR count). The fourth-order valence-corrected chi connectivity index (χ4v) is 1.10. The molecule has 80 valence electrons. The smallest absolute Gasteiger partial charge is 0.187 e. The van der Waals surface area contributed by atoms with Crippen LogP contribution in [0.25, 0.3) is 0 Å². The highest BCUT2D eigenvalue weighted by atomic mass is 16.1. The van der Waals surface area contributed by atoms with Gasteiger partial charge in [0.1, 0.15) is 0 Å². The van der Waals surface area contributed by atoms with Gasteiger partial charge in [-0.2, -0.15) is 0 Å². The standard InChI is InChI=1S/C13H17NO/c1-3-11(2)14-10-9-13(15)12-7-5-4-6-8-12/h4-11,14H,3H2,1-2H3/b10-9+. The van der Waals surface area contributed by atoms with E-state index < -0.39 is 0 Å². The molecule has 2 nitrogen and oxygen atoms in total. The van der Waals surface area contributed by atoms with Gasteiger partial charge in [0.05, 0.1) is 0 Å². The molecule has 1 N–H and O–H groups in total. The molecule has 0 spiro atoms. The molecule has 0 saturated carbocycles. The number of rotatable bonds is 5. The minimum atomic E-state index is 0.0337. The molecule has 0 aliphatic heterocycles. The van der Waals surface area contributed by atoms with Crippen molar-refractivity contribution in [2.24, 2.45) is 0 Å². The third-order valence-electron chi connectivity index (χ3n) is 2.29. The average molecular weight is 203 g/mol. The van der Waals surface area contributed by atoms with Crippen LogP contribution in [0.4, 0.5) is 0 Å². The number of ketones is 1. The Morgan fingerprint density at radius 3 is 2.67 bits per heavy atom. The highest BCUT2D eigenvalue weighted by Crippen LogP contribution is 2.00. The van der Waals surface area contributed by atoms with Gasteiger partial charge in [0.2, 0.25) is 0 Å². The number of hydrogen-bond donors (Lipinski definition) is 1. The first-order chi connectivity index (χ1) is 7.24. The van der Waals surface area contributed by atoms with Crippen molar-refractivity contribution in [3.05, 3.63) is 48.2 Å². The van der Waals surface area contributed by atoms with Crippen molar-refractivity contribution in [3.63, 3.8) is 0 Å². The predicted octanol–water partition coefficient (Wildman–Crippen LogP) is 2.77. The van der Waals surface area contributed by atoms with Crippen molar-refractivity contribution in [3.8, 4) is 0 Å². The summed E-state index contributed by atoms with van der Waals surface area (Å²) in [6.45, 7) is 4.18. The molecule has 0 amide bonds. The Kier molecular flexibility index (Phi) is 4.61. The largest absolute Gasteiger partial charge is 0.388 e. The minimum Gasteiger partial charge on any atom is -0.388 e. The van der Waals surface area contributed by atoms with Crippen LogP contribution in [0.5, 0.6) is 0 Å². The minimum absolute atomic E-state index is 0.0337. The van der Waals surface area contributed by atoms with Gasteiger partial charge in [-0.3, -0.25) is 4.79 Å². The first-order valence-corrected chi connectivity index (χ1v) is 5.26. The van der Waals surface area contributed by atoms with Gasteiger partial charge in [-0.15, -0.1) is 0 Å². The molecular weight excluding hydrogens is 186 g/mol. The molecule has 1 atom stereocenters. The summed E-state index contributed by atoms with van der Waals surface area (Å²) >= 11 is 0. The normalized spacial score (nSPS) is 12.7. The predicted molar refractivity (Wildman–Crippen MR) is 62.8 cm³/mol. The van der Waals surface area contributed by atoms with Crippen molar-refractivity contribution >= 4 is 5.78 Å². The molecule has 0 saturated heterocycles. The Morgan fingerprint density at radius 2 is 2.07 bits per heavy atom. The van der Waals surface area contributed by atoms with E-state index in [9.17, 15) is 4.79 Å². The summed E-state index contributed by atoms with van der Waals surface area (Å²) in [6.07, 6.45) is 4.34. The van der Waals surface area contributed by atoms with Gasteiger partial charge < -0.3 is 5.32 Å². The third-order valence-corrected chi connectivity index (χ3v) is 2.29. The van der Waals surface area contributed by atoms with E-state index in [0.717, 1.165) is 12.0 Å². The van der Waals surface area contributed by atoms with E-state index in [1.165, 1.54) is 0 Å². The lowest BCUT2D eigenvalue weighted by Crippen LogP contribution is -2.19. The van der Waals surface area contributed by atoms with Crippen molar-refractivity contribution in [1.82, 2.24) is 5.32 Å². The van der Waals surface area contributed by atoms with Crippen LogP contribution in [0.15, 0.2) is 42.6 Å². The zero-order valence-electron chi connectivity index (χ0n) is 9.23. The molecule has 0 aromatic heterocycles. The molecule has 0 aliphatic carbocycles. The van der Waals surface area contributed by atoms with E-state index in [4.69, 9.17) is 0 Å². The van der Waals surface area contributed by atoms with Crippen LogP contribution in [0, 0.1) is 0 Å². The summed E-state index contributed by atoms with van der Waals surface area (Å²) < 4.78 is 0. The van der Waals surface area contributed by atoms with Gasteiger partial charge in [0, 0.05) is 23.9 Å². The number of allylic oxidation sites excluding steroid dienone is 1. The Balaban J connectivity index is 2.49. The summed E-state index contributed by atoms with van der Waals surface area (Å²) in [5.74, 6) is 0.0337. The van der Waals surface area contributed by atoms with Gasteiger partial charge in [-0.05, 0) is 13.3 Å². The van der Waals surface area contributed by atoms with Crippen molar-refractivity contribution in [2.45, 2.75) is 26.3 Å². The van der Waals surface area contributed by atoms with Gasteiger partial charge >= 0.3 is 0 Å². The molecule has 0 fully saturated rings. The van der Waals surface area contributed by atoms with Crippen LogP contribution in [0.2, 0.25) is 0 Å². The molecule has 1 unspecified atom stereocenters. The number of nitrogens with one attached hydrogen (secondary N) is 1. The maximum absolute atomic E-state index is 11.6. The summed E-state index contributed by atoms with van der Waals surface area (Å²) in [4.78, 5) is 11.6. The van der Waals surface area contributed by atoms with Crippen molar-refractivity contribution in [2.75, 3.05) is 0 Å². The van der Waals surface area contributed by atoms with Crippen LogP contribution in [0.1, 0.15) is 30.6 Å². The fraction of sp³-hybridized carbons (Fsp3) is 0.308. The van der Waals surface area contributed by atoms with Crippen LogP contribution in [-0.2, 0) is 0 Å². The quantitative estimate of drug-likeness (QED) is 0.589. The molecule has 2 heteroatoms. The number of benzene rings is 1. The van der Waals surface area contributed by atoms with E-state index in [1.807, 2.05) is 30.3 Å². The number of hydrogen-bond acceptors (Lipinski definition) is 2. The molecule has 0 radical (unpaired) electrons. The van der Waals surface area contributed by atoms with Crippen LogP contribution in [-0.4, -0.2) is 11.8 Å². The highest BCUT2D eigenvalue weighted by Gasteiger charge is 1.99. The highest BCUT2D eigenvalue weighted by molar-refractivity contribution is 6.04. The topological polar surface area (TPSA) is 29.1 Å². The van der Waals surface area contributed by atoms with E-state index in [0.29, 0.717) is 6.04 Å². The summed E-state index contributed by atoms with van der Waals surface area (Å²) in [5, 5.41) is 3.13. The molecule has 1 aromatic carbocycles. The molecule has 1 aromatic rings. The first-order valence-electron chi connectivity index (χ1n) is 5.26. The van der Waals surface area contributed by atoms with E-state index in [1.54, 1.807) is 12.3 Å². The van der Waals surface area contributed by atoms with Crippen LogP contribution in [0.3, 0.4) is 0 Å². The molecule has 0 heterocycles. The van der Waals surface area contributed by atoms with Crippen molar-refractivity contribution < 1.29 is 4.79 Å². The third kappa shape index (κ3) is 3.98. The van der Waals surface area contributed by atoms with Gasteiger partial charge in [-0.1, -0.05) is 37.3 Å². The second-order valence-corrected chi connectivity index (χ2v) is 3.54. The van der Waals surface area contributed by atoms with E-state index in [-0.39, 0.29) is 5.78 Å². The summed E-state index contributed by atoms with van der Waals surface area (Å²) in [6, 6.07) is 9.67. The summed E-state index contributed by atoms with van der Waals surface area (Å²) in [5.41, 5.74) is 0.722. The van der Waals surface area contributed by atoms with E-state index >= 15 is 0 Å². The molecule has 0 aliphatic rings. The second-order valence-electron chi connectivity index (χ2n) is 3.54. The zero-order chi connectivity index (χ0) is 11.1. The zero-order valence-corrected chi connectivity index (χ0v) is 9.23. The average Bonchev–Trinajstić information content (AvgIpc) is 2.29. The maximum Gasteiger partial charge on any atom is 0.187 e. The van der Waals surface area contributed by atoms with Crippen molar-refractivity contribution in [1.29, 1.82) is 0 Å². The van der Waals surface area contributed by atoms with Crippen LogP contribution >= 0.6 is 0 Å². The Hall–Kier alpha value is -1.57. The lowest BCUT2D eigenvalue weighted by molar-refractivity contribution is 0.104. The SMILES string of the molecule is CCC(C)N/C=C/C(=O)c1ccccc1. The van der Waals surface area contributed by atoms with Gasteiger partial charge in [-0.25, -0.2) is 0 Å². The van der Waals surface area contributed by atoms with E-state index in [2.05, 4.69) is 19.2 Å². The summed E-state index contributed by atoms with van der Waals surface area (Å²) in [7, 11) is 0. The molecule has 0 bridgehead atoms. The monoisotopic (exact) mass is 203 g/mol.